The number of hydrogen-bond donors (Lipinski definition) is 2. The van der Waals surface area contributed by atoms with Crippen molar-refractivity contribution >= 4 is 34.9 Å². The van der Waals surface area contributed by atoms with Crippen LogP contribution >= 0.6 is 11.6 Å². The van der Waals surface area contributed by atoms with E-state index in [1.807, 2.05) is 0 Å². The molecule has 0 saturated heterocycles. The predicted molar refractivity (Wildman–Crippen MR) is 99.1 cm³/mol. The lowest BCUT2D eigenvalue weighted by molar-refractivity contribution is -0.116. The zero-order valence-electron chi connectivity index (χ0n) is 13.9. The molecule has 0 spiro atoms. The van der Waals surface area contributed by atoms with Crippen LogP contribution in [-0.2, 0) is 11.3 Å². The second kappa shape index (κ2) is 7.84. The quantitative estimate of drug-likeness (QED) is 0.637. The van der Waals surface area contributed by atoms with Crippen LogP contribution in [0, 0.1) is 0 Å². The standard InChI is InChI=1S/C19H14ClN3O4/c20-13-6-7-15(14(10-13)18(25)12-4-2-1-3-5-12)21-17(24)11-23-9-8-16(22-23)19(26)27/h1-10H,11H2,(H,21,24)(H,26,27). The second-order valence-corrected chi connectivity index (χ2v) is 6.07. The fraction of sp³-hybridized carbons (Fsp3) is 0.0526. The first kappa shape index (κ1) is 18.3. The third kappa shape index (κ3) is 4.39. The maximum absolute atomic E-state index is 12.7. The van der Waals surface area contributed by atoms with Crippen molar-refractivity contribution in [2.24, 2.45) is 0 Å². The molecular formula is C19H14ClN3O4. The number of carbonyl (C=O) groups is 3. The number of halogens is 1. The lowest BCUT2D eigenvalue weighted by Crippen LogP contribution is -2.21. The van der Waals surface area contributed by atoms with Gasteiger partial charge in [-0.15, -0.1) is 0 Å². The molecule has 0 aliphatic heterocycles. The number of carboxylic acid groups (broad SMARTS) is 1. The number of anilines is 1. The Morgan fingerprint density at radius 3 is 2.48 bits per heavy atom. The first-order valence-electron chi connectivity index (χ1n) is 7.90. The maximum Gasteiger partial charge on any atom is 0.356 e. The minimum atomic E-state index is -1.18. The molecule has 7 nitrogen and oxygen atoms in total. The van der Waals surface area contributed by atoms with E-state index in [0.717, 1.165) is 0 Å². The summed E-state index contributed by atoms with van der Waals surface area (Å²) in [7, 11) is 0. The third-order valence-corrected chi connectivity index (χ3v) is 3.94. The molecule has 0 aliphatic carbocycles. The van der Waals surface area contributed by atoms with Crippen LogP contribution in [0.5, 0.6) is 0 Å². The van der Waals surface area contributed by atoms with Gasteiger partial charge in [0.15, 0.2) is 11.5 Å². The number of amides is 1. The number of ketones is 1. The number of nitrogens with one attached hydrogen (secondary N) is 1. The predicted octanol–water partition coefficient (Wildman–Crippen LogP) is 3.10. The van der Waals surface area contributed by atoms with Crippen LogP contribution in [-0.4, -0.2) is 32.5 Å². The van der Waals surface area contributed by atoms with Gasteiger partial charge in [-0.1, -0.05) is 41.9 Å². The Kier molecular flexibility index (Phi) is 5.33. The molecule has 1 amide bonds. The number of carbonyl (C=O) groups excluding carboxylic acids is 2. The SMILES string of the molecule is O=C(Cn1ccc(C(=O)O)n1)Nc1ccc(Cl)cc1C(=O)c1ccccc1. The van der Waals surface area contributed by atoms with E-state index in [1.165, 1.54) is 23.0 Å². The Morgan fingerprint density at radius 1 is 1.07 bits per heavy atom. The zero-order chi connectivity index (χ0) is 19.4. The Labute approximate surface area is 159 Å². The Hall–Kier alpha value is -3.45. The van der Waals surface area contributed by atoms with Crippen LogP contribution < -0.4 is 5.32 Å². The number of hydrogen-bond acceptors (Lipinski definition) is 4. The largest absolute Gasteiger partial charge is 0.476 e. The molecule has 0 fully saturated rings. The molecule has 8 heteroatoms. The summed E-state index contributed by atoms with van der Waals surface area (Å²) >= 11 is 6.01. The van der Waals surface area contributed by atoms with Gasteiger partial charge in [-0.05, 0) is 24.3 Å². The monoisotopic (exact) mass is 383 g/mol. The third-order valence-electron chi connectivity index (χ3n) is 3.70. The molecule has 1 heterocycles. The summed E-state index contributed by atoms with van der Waals surface area (Å²) in [5.74, 6) is -1.91. The summed E-state index contributed by atoms with van der Waals surface area (Å²) in [6.07, 6.45) is 1.39. The van der Waals surface area contributed by atoms with Crippen LogP contribution in [0.25, 0.3) is 0 Å². The molecule has 2 N–H and O–H groups in total. The topological polar surface area (TPSA) is 101 Å². The lowest BCUT2D eigenvalue weighted by Gasteiger charge is -2.11. The van der Waals surface area contributed by atoms with Gasteiger partial charge in [-0.2, -0.15) is 5.10 Å². The van der Waals surface area contributed by atoms with E-state index in [9.17, 15) is 14.4 Å². The Balaban J connectivity index is 1.81. The molecule has 0 radical (unpaired) electrons. The van der Waals surface area contributed by atoms with Crippen LogP contribution in [0.15, 0.2) is 60.8 Å². The molecule has 136 valence electrons. The number of aromatic carboxylic acids is 1. The van der Waals surface area contributed by atoms with E-state index in [2.05, 4.69) is 10.4 Å². The molecule has 3 rings (SSSR count). The molecular weight excluding hydrogens is 370 g/mol. The Morgan fingerprint density at radius 2 is 1.81 bits per heavy atom. The van der Waals surface area contributed by atoms with Gasteiger partial charge in [0.05, 0.1) is 5.69 Å². The van der Waals surface area contributed by atoms with Crippen molar-refractivity contribution in [3.8, 4) is 0 Å². The summed E-state index contributed by atoms with van der Waals surface area (Å²) < 4.78 is 1.20. The van der Waals surface area contributed by atoms with E-state index in [1.54, 1.807) is 42.5 Å². The van der Waals surface area contributed by atoms with Gasteiger partial charge < -0.3 is 10.4 Å². The normalized spacial score (nSPS) is 10.4. The highest BCUT2D eigenvalue weighted by molar-refractivity contribution is 6.31. The van der Waals surface area contributed by atoms with Crippen LogP contribution in [0.1, 0.15) is 26.4 Å². The van der Waals surface area contributed by atoms with Gasteiger partial charge in [0.2, 0.25) is 5.91 Å². The van der Waals surface area contributed by atoms with Crippen molar-refractivity contribution in [1.29, 1.82) is 0 Å². The average molecular weight is 384 g/mol. The molecule has 0 unspecified atom stereocenters. The summed E-state index contributed by atoms with van der Waals surface area (Å²) in [5.41, 5.74) is 0.875. The molecule has 0 atom stereocenters. The minimum Gasteiger partial charge on any atom is -0.476 e. The van der Waals surface area contributed by atoms with Gasteiger partial charge in [0.1, 0.15) is 6.54 Å². The van der Waals surface area contributed by atoms with Crippen molar-refractivity contribution in [1.82, 2.24) is 9.78 Å². The Bertz CT molecular complexity index is 1010. The van der Waals surface area contributed by atoms with Gasteiger partial charge in [-0.3, -0.25) is 14.3 Å². The summed E-state index contributed by atoms with van der Waals surface area (Å²) in [5, 5.41) is 15.7. The number of aromatic nitrogens is 2. The number of carboxylic acids is 1. The minimum absolute atomic E-state index is 0.158. The van der Waals surface area contributed by atoms with Gasteiger partial charge in [0.25, 0.3) is 0 Å². The van der Waals surface area contributed by atoms with Crippen molar-refractivity contribution in [3.63, 3.8) is 0 Å². The second-order valence-electron chi connectivity index (χ2n) is 5.64. The molecule has 0 bridgehead atoms. The zero-order valence-corrected chi connectivity index (χ0v) is 14.7. The molecule has 1 aromatic heterocycles. The highest BCUT2D eigenvalue weighted by Crippen LogP contribution is 2.23. The first-order valence-corrected chi connectivity index (χ1v) is 8.28. The van der Waals surface area contributed by atoms with Crippen molar-refractivity contribution in [3.05, 3.63) is 82.6 Å². The van der Waals surface area contributed by atoms with Crippen LogP contribution in [0.4, 0.5) is 5.69 Å². The van der Waals surface area contributed by atoms with Crippen molar-refractivity contribution in [2.45, 2.75) is 6.54 Å². The maximum atomic E-state index is 12.7. The van der Waals surface area contributed by atoms with Crippen molar-refractivity contribution in [2.75, 3.05) is 5.32 Å². The van der Waals surface area contributed by atoms with Crippen molar-refractivity contribution < 1.29 is 19.5 Å². The first-order chi connectivity index (χ1) is 12.9. The molecule has 0 saturated carbocycles. The number of rotatable bonds is 6. The molecule has 2 aromatic carbocycles. The van der Waals surface area contributed by atoms with E-state index in [4.69, 9.17) is 16.7 Å². The van der Waals surface area contributed by atoms with Gasteiger partial charge >= 0.3 is 5.97 Å². The van der Waals surface area contributed by atoms with Gasteiger partial charge in [-0.25, -0.2) is 4.79 Å². The van der Waals surface area contributed by atoms with E-state index >= 15 is 0 Å². The lowest BCUT2D eigenvalue weighted by atomic mass is 10.0. The molecule has 3 aromatic rings. The fourth-order valence-corrected chi connectivity index (χ4v) is 2.63. The van der Waals surface area contributed by atoms with Crippen LogP contribution in [0.2, 0.25) is 5.02 Å². The average Bonchev–Trinajstić information content (AvgIpc) is 3.12. The highest BCUT2D eigenvalue weighted by atomic mass is 35.5. The van der Waals surface area contributed by atoms with Crippen LogP contribution in [0.3, 0.4) is 0 Å². The smallest absolute Gasteiger partial charge is 0.356 e. The summed E-state index contributed by atoms with van der Waals surface area (Å²) in [6.45, 7) is -0.200. The summed E-state index contributed by atoms with van der Waals surface area (Å²) in [6, 6.07) is 14.5. The molecule has 27 heavy (non-hydrogen) atoms. The molecule has 0 aliphatic rings. The highest BCUT2D eigenvalue weighted by Gasteiger charge is 2.16. The van der Waals surface area contributed by atoms with Gasteiger partial charge in [0, 0.05) is 22.3 Å². The van der Waals surface area contributed by atoms with E-state index < -0.39 is 11.9 Å². The summed E-state index contributed by atoms with van der Waals surface area (Å²) in [4.78, 5) is 35.9. The fourth-order valence-electron chi connectivity index (χ4n) is 2.46. The number of nitrogens with zero attached hydrogens (tertiary/aromatic N) is 2. The van der Waals surface area contributed by atoms with E-state index in [-0.39, 0.29) is 23.6 Å². The van der Waals surface area contributed by atoms with E-state index in [0.29, 0.717) is 16.3 Å². The number of benzene rings is 2.